The molecule has 148 valence electrons. The first-order chi connectivity index (χ1) is 14.1. The molecule has 0 bridgehead atoms. The minimum atomic E-state index is -0.0589. The Hall–Kier alpha value is -3.41. The Bertz CT molecular complexity index is 989. The Morgan fingerprint density at radius 1 is 1.03 bits per heavy atom. The fourth-order valence-electron chi connectivity index (χ4n) is 3.54. The molecular weight excluding hydrogens is 362 g/mol. The molecule has 0 spiro atoms. The number of hydrogen-bond donors (Lipinski definition) is 1. The standard InChI is InChI=1S/C23H25N5O/c1-27(2)22-19-16-28(23(29)24-15-17-9-5-3-6-10-17)14-13-20(19)25-21(26-22)18-11-7-4-8-12-18/h3-12H,13-16H2,1-2H3,(H,24,29). The molecule has 29 heavy (non-hydrogen) atoms. The normalized spacial score (nSPS) is 13.0. The van der Waals surface area contributed by atoms with Crippen LogP contribution in [0, 0.1) is 0 Å². The van der Waals surface area contributed by atoms with Crippen LogP contribution in [0.15, 0.2) is 60.7 Å². The summed E-state index contributed by atoms with van der Waals surface area (Å²) < 4.78 is 0. The average Bonchev–Trinajstić information content (AvgIpc) is 2.77. The lowest BCUT2D eigenvalue weighted by Gasteiger charge is -2.31. The maximum atomic E-state index is 12.7. The lowest BCUT2D eigenvalue weighted by molar-refractivity contribution is 0.191. The molecule has 2 aromatic carbocycles. The summed E-state index contributed by atoms with van der Waals surface area (Å²) in [6.07, 6.45) is 0.720. The van der Waals surface area contributed by atoms with E-state index in [1.165, 1.54) is 0 Å². The zero-order valence-corrected chi connectivity index (χ0v) is 16.8. The topological polar surface area (TPSA) is 61.4 Å². The van der Waals surface area contributed by atoms with Gasteiger partial charge in [-0.3, -0.25) is 0 Å². The van der Waals surface area contributed by atoms with E-state index in [-0.39, 0.29) is 6.03 Å². The molecule has 3 aromatic rings. The summed E-state index contributed by atoms with van der Waals surface area (Å²) in [5.74, 6) is 1.60. The van der Waals surface area contributed by atoms with Crippen LogP contribution in [0.2, 0.25) is 0 Å². The maximum Gasteiger partial charge on any atom is 0.317 e. The molecule has 1 N–H and O–H groups in total. The number of urea groups is 1. The number of carbonyl (C=O) groups is 1. The van der Waals surface area contributed by atoms with Crippen molar-refractivity contribution in [2.45, 2.75) is 19.5 Å². The second-order valence-corrected chi connectivity index (χ2v) is 7.37. The minimum Gasteiger partial charge on any atom is -0.362 e. The maximum absolute atomic E-state index is 12.7. The Morgan fingerprint density at radius 2 is 1.72 bits per heavy atom. The van der Waals surface area contributed by atoms with E-state index < -0.39 is 0 Å². The number of hydrogen-bond acceptors (Lipinski definition) is 4. The summed E-state index contributed by atoms with van der Waals surface area (Å²) in [7, 11) is 3.96. The van der Waals surface area contributed by atoms with Crippen LogP contribution in [0.5, 0.6) is 0 Å². The van der Waals surface area contributed by atoms with Gasteiger partial charge < -0.3 is 15.1 Å². The van der Waals surface area contributed by atoms with Crippen LogP contribution in [-0.4, -0.2) is 41.5 Å². The predicted molar refractivity (Wildman–Crippen MR) is 115 cm³/mol. The first-order valence-electron chi connectivity index (χ1n) is 9.81. The van der Waals surface area contributed by atoms with E-state index in [4.69, 9.17) is 9.97 Å². The molecule has 6 heteroatoms. The Morgan fingerprint density at radius 3 is 2.41 bits per heavy atom. The molecule has 1 aliphatic heterocycles. The van der Waals surface area contributed by atoms with Crippen LogP contribution < -0.4 is 10.2 Å². The van der Waals surface area contributed by atoms with Crippen molar-refractivity contribution in [1.82, 2.24) is 20.2 Å². The number of benzene rings is 2. The highest BCUT2D eigenvalue weighted by atomic mass is 16.2. The van der Waals surface area contributed by atoms with Crippen molar-refractivity contribution in [3.63, 3.8) is 0 Å². The zero-order chi connectivity index (χ0) is 20.2. The number of anilines is 1. The third-order valence-electron chi connectivity index (χ3n) is 5.07. The van der Waals surface area contributed by atoms with Gasteiger partial charge in [0.05, 0.1) is 12.2 Å². The van der Waals surface area contributed by atoms with Crippen LogP contribution in [-0.2, 0) is 19.5 Å². The molecule has 2 heterocycles. The van der Waals surface area contributed by atoms with Gasteiger partial charge in [0.1, 0.15) is 5.82 Å². The van der Waals surface area contributed by atoms with Gasteiger partial charge in [-0.05, 0) is 5.56 Å². The molecule has 0 atom stereocenters. The molecule has 1 aromatic heterocycles. The Balaban J connectivity index is 1.54. The fraction of sp³-hybridized carbons (Fsp3) is 0.261. The van der Waals surface area contributed by atoms with Gasteiger partial charge in [-0.25, -0.2) is 14.8 Å². The van der Waals surface area contributed by atoms with E-state index in [1.54, 1.807) is 0 Å². The van der Waals surface area contributed by atoms with E-state index in [1.807, 2.05) is 84.6 Å². The number of carbonyl (C=O) groups excluding carboxylic acids is 1. The van der Waals surface area contributed by atoms with Crippen molar-refractivity contribution in [1.29, 1.82) is 0 Å². The smallest absolute Gasteiger partial charge is 0.317 e. The zero-order valence-electron chi connectivity index (χ0n) is 16.8. The summed E-state index contributed by atoms with van der Waals surface area (Å²) >= 11 is 0. The van der Waals surface area contributed by atoms with Crippen molar-refractivity contribution in [2.24, 2.45) is 0 Å². The van der Waals surface area contributed by atoms with Gasteiger partial charge in [-0.15, -0.1) is 0 Å². The second-order valence-electron chi connectivity index (χ2n) is 7.37. The second kappa shape index (κ2) is 8.31. The summed E-state index contributed by atoms with van der Waals surface area (Å²) in [5, 5.41) is 3.02. The number of nitrogens with zero attached hydrogens (tertiary/aromatic N) is 4. The summed E-state index contributed by atoms with van der Waals surface area (Å²) in [6, 6.07) is 19.9. The van der Waals surface area contributed by atoms with Crippen molar-refractivity contribution >= 4 is 11.8 Å². The molecule has 0 fully saturated rings. The fourth-order valence-corrected chi connectivity index (χ4v) is 3.54. The van der Waals surface area contributed by atoms with Gasteiger partial charge in [-0.2, -0.15) is 0 Å². The van der Waals surface area contributed by atoms with Gasteiger partial charge in [0.2, 0.25) is 0 Å². The lowest BCUT2D eigenvalue weighted by Crippen LogP contribution is -2.43. The highest BCUT2D eigenvalue weighted by molar-refractivity contribution is 5.75. The van der Waals surface area contributed by atoms with Gasteiger partial charge >= 0.3 is 6.03 Å². The van der Waals surface area contributed by atoms with Gasteiger partial charge in [0, 0.05) is 44.7 Å². The first-order valence-corrected chi connectivity index (χ1v) is 9.81. The first kappa shape index (κ1) is 18.9. The molecule has 0 unspecified atom stereocenters. The minimum absolute atomic E-state index is 0.0589. The largest absolute Gasteiger partial charge is 0.362 e. The van der Waals surface area contributed by atoms with Crippen molar-refractivity contribution < 1.29 is 4.79 Å². The predicted octanol–water partition coefficient (Wildman–Crippen LogP) is 3.48. The molecule has 0 radical (unpaired) electrons. The van der Waals surface area contributed by atoms with Crippen LogP contribution >= 0.6 is 0 Å². The number of nitrogens with one attached hydrogen (secondary N) is 1. The number of amides is 2. The van der Waals surface area contributed by atoms with Gasteiger partial charge in [0.15, 0.2) is 5.82 Å². The quantitative estimate of drug-likeness (QED) is 0.745. The van der Waals surface area contributed by atoms with E-state index in [2.05, 4.69) is 5.32 Å². The molecule has 0 saturated heterocycles. The molecule has 6 nitrogen and oxygen atoms in total. The van der Waals surface area contributed by atoms with Gasteiger partial charge in [0.25, 0.3) is 0 Å². The molecule has 2 amide bonds. The highest BCUT2D eigenvalue weighted by Gasteiger charge is 2.26. The van der Waals surface area contributed by atoms with E-state index >= 15 is 0 Å². The SMILES string of the molecule is CN(C)c1nc(-c2ccccc2)nc2c1CN(C(=O)NCc1ccccc1)CC2. The van der Waals surface area contributed by atoms with Crippen LogP contribution in [0.4, 0.5) is 10.6 Å². The summed E-state index contributed by atoms with van der Waals surface area (Å²) in [6.45, 7) is 1.68. The van der Waals surface area contributed by atoms with Crippen molar-refractivity contribution in [3.8, 4) is 11.4 Å². The van der Waals surface area contributed by atoms with Crippen molar-refractivity contribution in [3.05, 3.63) is 77.5 Å². The van der Waals surface area contributed by atoms with Crippen LogP contribution in [0.25, 0.3) is 11.4 Å². The molecular formula is C23H25N5O. The number of aromatic nitrogens is 2. The summed E-state index contributed by atoms with van der Waals surface area (Å²) in [4.78, 5) is 26.2. The highest BCUT2D eigenvalue weighted by Crippen LogP contribution is 2.28. The Kier molecular flexibility index (Phi) is 5.42. The number of fused-ring (bicyclic) bond motifs is 1. The van der Waals surface area contributed by atoms with Crippen molar-refractivity contribution in [2.75, 3.05) is 25.5 Å². The van der Waals surface area contributed by atoms with Crippen LogP contribution in [0.1, 0.15) is 16.8 Å². The molecule has 0 saturated carbocycles. The third kappa shape index (κ3) is 4.21. The third-order valence-corrected chi connectivity index (χ3v) is 5.07. The van der Waals surface area contributed by atoms with Crippen LogP contribution in [0.3, 0.4) is 0 Å². The Labute approximate surface area is 171 Å². The number of rotatable bonds is 4. The molecule has 4 rings (SSSR count). The van der Waals surface area contributed by atoms with E-state index in [0.717, 1.165) is 40.4 Å². The van der Waals surface area contributed by atoms with Gasteiger partial charge in [-0.1, -0.05) is 60.7 Å². The molecule has 1 aliphatic rings. The molecule has 0 aliphatic carbocycles. The lowest BCUT2D eigenvalue weighted by atomic mass is 10.1. The average molecular weight is 387 g/mol. The van der Waals surface area contributed by atoms with E-state index in [9.17, 15) is 4.79 Å². The summed E-state index contributed by atoms with van der Waals surface area (Å²) in [5.41, 5.74) is 4.13. The van der Waals surface area contributed by atoms with E-state index in [0.29, 0.717) is 19.6 Å². The monoisotopic (exact) mass is 387 g/mol.